The molecule has 0 saturated carbocycles. The third-order valence-corrected chi connectivity index (χ3v) is 2.23. The van der Waals surface area contributed by atoms with E-state index in [9.17, 15) is 4.79 Å². The van der Waals surface area contributed by atoms with E-state index in [0.717, 1.165) is 12.8 Å². The smallest absolute Gasteiger partial charge is 0.129 e. The van der Waals surface area contributed by atoms with E-state index in [-0.39, 0.29) is 13.2 Å². The van der Waals surface area contributed by atoms with Crippen molar-refractivity contribution in [3.8, 4) is 0 Å². The molecule has 0 saturated heterocycles. The quantitative estimate of drug-likeness (QED) is 0.601. The zero-order chi connectivity index (χ0) is 12.6. The maximum Gasteiger partial charge on any atom is 0.129 e. The Morgan fingerprint density at radius 2 is 1.31 bits per heavy atom. The number of Topliss-reactive ketones (excluding diaryl/α,β-unsaturated/α-hetero) is 1. The van der Waals surface area contributed by atoms with Crippen LogP contribution in [0.15, 0.2) is 0 Å². The second-order valence-corrected chi connectivity index (χ2v) is 4.02. The first-order valence-corrected chi connectivity index (χ1v) is 6.40. The van der Waals surface area contributed by atoms with Crippen LogP contribution in [0.2, 0.25) is 0 Å². The lowest BCUT2D eigenvalue weighted by Crippen LogP contribution is -1.89. The predicted molar refractivity (Wildman–Crippen MR) is 67.5 cm³/mol. The van der Waals surface area contributed by atoms with E-state index in [1.54, 1.807) is 6.92 Å². The molecule has 0 heterocycles. The number of carbonyl (C=O) groups is 1. The topological polar surface area (TPSA) is 57.5 Å². The molecule has 0 amide bonds. The summed E-state index contributed by atoms with van der Waals surface area (Å²) < 4.78 is 0. The fraction of sp³-hybridized carbons (Fsp3) is 0.923. The van der Waals surface area contributed by atoms with Gasteiger partial charge in [-0.05, 0) is 13.3 Å². The van der Waals surface area contributed by atoms with Gasteiger partial charge in [-0.1, -0.05) is 45.4 Å². The predicted octanol–water partition coefficient (Wildman–Crippen LogP) is 2.69. The highest BCUT2D eigenvalue weighted by Gasteiger charge is 1.93. The van der Waals surface area contributed by atoms with Crippen molar-refractivity contribution in [1.82, 2.24) is 0 Å². The first kappa shape index (κ1) is 18.0. The Labute approximate surface area is 99.9 Å². The molecular weight excluding hydrogens is 204 g/mol. The van der Waals surface area contributed by atoms with Crippen LogP contribution in [0.3, 0.4) is 0 Å². The van der Waals surface area contributed by atoms with Crippen LogP contribution in [0.25, 0.3) is 0 Å². The molecule has 16 heavy (non-hydrogen) atoms. The normalized spacial score (nSPS) is 9.50. The van der Waals surface area contributed by atoms with Gasteiger partial charge < -0.3 is 15.0 Å². The number of unbranched alkanes of at least 4 members (excludes halogenated alkanes) is 6. The van der Waals surface area contributed by atoms with Crippen molar-refractivity contribution in [3.63, 3.8) is 0 Å². The largest absolute Gasteiger partial charge is 0.394 e. The lowest BCUT2D eigenvalue weighted by Gasteiger charge is -1.98. The zero-order valence-electron chi connectivity index (χ0n) is 10.9. The van der Waals surface area contributed by atoms with Crippen LogP contribution in [-0.2, 0) is 4.79 Å². The Hall–Kier alpha value is -0.410. The molecule has 0 bridgehead atoms. The molecule has 0 rings (SSSR count). The Balaban J connectivity index is 0. The minimum Gasteiger partial charge on any atom is -0.394 e. The molecule has 0 spiro atoms. The fourth-order valence-electron chi connectivity index (χ4n) is 1.33. The van der Waals surface area contributed by atoms with Crippen molar-refractivity contribution in [3.05, 3.63) is 0 Å². The summed E-state index contributed by atoms with van der Waals surface area (Å²) in [6.45, 7) is 3.66. The minimum absolute atomic E-state index is 0.125. The van der Waals surface area contributed by atoms with Crippen LogP contribution in [0.5, 0.6) is 0 Å². The van der Waals surface area contributed by atoms with Gasteiger partial charge in [-0.3, -0.25) is 0 Å². The van der Waals surface area contributed by atoms with Gasteiger partial charge in [0.2, 0.25) is 0 Å². The highest BCUT2D eigenvalue weighted by molar-refractivity contribution is 5.75. The SMILES string of the molecule is CCCCCCCCCC(C)=O.OCCO. The lowest BCUT2D eigenvalue weighted by molar-refractivity contribution is -0.117. The lowest BCUT2D eigenvalue weighted by atomic mass is 10.1. The molecule has 0 aliphatic heterocycles. The number of hydrogen-bond donors (Lipinski definition) is 2. The monoisotopic (exact) mass is 232 g/mol. The summed E-state index contributed by atoms with van der Waals surface area (Å²) in [5, 5.41) is 15.2. The van der Waals surface area contributed by atoms with Crippen LogP contribution in [0.1, 0.15) is 65.2 Å². The van der Waals surface area contributed by atoms with Crippen LogP contribution < -0.4 is 0 Å². The van der Waals surface area contributed by atoms with Gasteiger partial charge >= 0.3 is 0 Å². The van der Waals surface area contributed by atoms with E-state index in [0.29, 0.717) is 5.78 Å². The van der Waals surface area contributed by atoms with E-state index in [1.165, 1.54) is 38.5 Å². The van der Waals surface area contributed by atoms with Crippen LogP contribution >= 0.6 is 0 Å². The first-order chi connectivity index (χ1) is 7.68. The van der Waals surface area contributed by atoms with Gasteiger partial charge in [-0.15, -0.1) is 0 Å². The number of ketones is 1. The molecule has 0 atom stereocenters. The second kappa shape index (κ2) is 17.0. The molecule has 3 heteroatoms. The Morgan fingerprint density at radius 1 is 0.875 bits per heavy atom. The van der Waals surface area contributed by atoms with Gasteiger partial charge in [-0.2, -0.15) is 0 Å². The van der Waals surface area contributed by atoms with Gasteiger partial charge in [0.25, 0.3) is 0 Å². The molecule has 0 fully saturated rings. The summed E-state index contributed by atoms with van der Waals surface area (Å²) in [4.78, 5) is 10.6. The van der Waals surface area contributed by atoms with Gasteiger partial charge in [-0.25, -0.2) is 0 Å². The van der Waals surface area contributed by atoms with Crippen molar-refractivity contribution in [2.45, 2.75) is 65.2 Å². The van der Waals surface area contributed by atoms with Gasteiger partial charge in [0, 0.05) is 6.42 Å². The number of carbonyl (C=O) groups excluding carboxylic acids is 1. The Kier molecular flexibility index (Phi) is 19.1. The second-order valence-electron chi connectivity index (χ2n) is 4.02. The summed E-state index contributed by atoms with van der Waals surface area (Å²) in [7, 11) is 0. The van der Waals surface area contributed by atoms with Crippen molar-refractivity contribution in [2.75, 3.05) is 13.2 Å². The standard InChI is InChI=1S/C11H22O.C2H6O2/c1-3-4-5-6-7-8-9-10-11(2)12;3-1-2-4/h3-10H2,1-2H3;3-4H,1-2H2. The molecule has 0 aliphatic carbocycles. The molecule has 2 N–H and O–H groups in total. The molecule has 3 nitrogen and oxygen atoms in total. The van der Waals surface area contributed by atoms with E-state index in [2.05, 4.69) is 6.92 Å². The number of rotatable bonds is 9. The van der Waals surface area contributed by atoms with Crippen molar-refractivity contribution in [2.24, 2.45) is 0 Å². The first-order valence-electron chi connectivity index (χ1n) is 6.40. The molecule has 0 radical (unpaired) electrons. The summed E-state index contributed by atoms with van der Waals surface area (Å²) in [6.07, 6.45) is 9.84. The van der Waals surface area contributed by atoms with Crippen LogP contribution in [-0.4, -0.2) is 29.2 Å². The van der Waals surface area contributed by atoms with Gasteiger partial charge in [0.05, 0.1) is 13.2 Å². The summed E-state index contributed by atoms with van der Waals surface area (Å²) in [5.74, 6) is 0.337. The van der Waals surface area contributed by atoms with Crippen molar-refractivity contribution in [1.29, 1.82) is 0 Å². The summed E-state index contributed by atoms with van der Waals surface area (Å²) in [5.41, 5.74) is 0. The molecule has 0 aromatic carbocycles. The van der Waals surface area contributed by atoms with Crippen molar-refractivity contribution >= 4 is 5.78 Å². The highest BCUT2D eigenvalue weighted by atomic mass is 16.3. The van der Waals surface area contributed by atoms with Crippen molar-refractivity contribution < 1.29 is 15.0 Å². The Morgan fingerprint density at radius 3 is 1.69 bits per heavy atom. The molecule has 98 valence electrons. The third-order valence-electron chi connectivity index (χ3n) is 2.23. The average Bonchev–Trinajstić information content (AvgIpc) is 2.28. The number of aliphatic hydroxyl groups is 2. The van der Waals surface area contributed by atoms with Crippen LogP contribution in [0, 0.1) is 0 Å². The molecular formula is C13H28O3. The van der Waals surface area contributed by atoms with Crippen LogP contribution in [0.4, 0.5) is 0 Å². The highest BCUT2D eigenvalue weighted by Crippen LogP contribution is 2.08. The van der Waals surface area contributed by atoms with E-state index >= 15 is 0 Å². The fourth-order valence-corrected chi connectivity index (χ4v) is 1.33. The average molecular weight is 232 g/mol. The Bertz CT molecular complexity index is 133. The third kappa shape index (κ3) is 23.4. The number of aliphatic hydroxyl groups excluding tert-OH is 2. The van der Waals surface area contributed by atoms with Gasteiger partial charge in [0.15, 0.2) is 0 Å². The van der Waals surface area contributed by atoms with E-state index in [4.69, 9.17) is 10.2 Å². The zero-order valence-corrected chi connectivity index (χ0v) is 10.9. The molecule has 0 aromatic rings. The molecule has 0 aromatic heterocycles. The number of hydrogen-bond acceptors (Lipinski definition) is 3. The van der Waals surface area contributed by atoms with Gasteiger partial charge in [0.1, 0.15) is 5.78 Å². The molecule has 0 unspecified atom stereocenters. The maximum absolute atomic E-state index is 10.6. The maximum atomic E-state index is 10.6. The van der Waals surface area contributed by atoms with E-state index in [1.807, 2.05) is 0 Å². The molecule has 0 aliphatic rings. The summed E-state index contributed by atoms with van der Waals surface area (Å²) in [6, 6.07) is 0. The summed E-state index contributed by atoms with van der Waals surface area (Å²) >= 11 is 0. The minimum atomic E-state index is -0.125. The van der Waals surface area contributed by atoms with E-state index < -0.39 is 0 Å².